The van der Waals surface area contributed by atoms with Crippen LogP contribution in [0, 0.1) is 37.5 Å². The molecule has 0 aromatic heterocycles. The van der Waals surface area contributed by atoms with Crippen LogP contribution in [0.25, 0.3) is 0 Å². The fraction of sp³-hybridized carbons (Fsp3) is 0.294. The van der Waals surface area contributed by atoms with E-state index in [9.17, 15) is 10.1 Å². The number of nitrogens with zero attached hydrogens (tertiary/aromatic N) is 2. The summed E-state index contributed by atoms with van der Waals surface area (Å²) in [7, 11) is 0. The number of hydrogen-bond acceptors (Lipinski definition) is 5. The summed E-state index contributed by atoms with van der Waals surface area (Å²) in [5.41, 5.74) is 14.9. The molecule has 6 heteroatoms. The third kappa shape index (κ3) is 5.19. The molecule has 0 spiro atoms. The van der Waals surface area contributed by atoms with Gasteiger partial charge in [-0.25, -0.2) is 0 Å². The van der Waals surface area contributed by atoms with Crippen LogP contribution in [0.3, 0.4) is 0 Å². The summed E-state index contributed by atoms with van der Waals surface area (Å²) in [6.45, 7) is 10.5. The molecule has 1 heterocycles. The minimum atomic E-state index is -0.513. The number of carbonyl (C=O) groups excluding carboxylic acids is 1. The Labute approximate surface area is 246 Å². The zero-order valence-corrected chi connectivity index (χ0v) is 25.2. The molecular weight excluding hydrogens is 534 g/mol. The number of carbonyl (C=O) groups is 1. The molecule has 0 saturated heterocycles. The number of ketones is 1. The summed E-state index contributed by atoms with van der Waals surface area (Å²) < 4.78 is 0. The lowest BCUT2D eigenvalue weighted by Gasteiger charge is -2.44. The number of nitriles is 1. The Morgan fingerprint density at radius 3 is 2.52 bits per heavy atom. The fourth-order valence-electron chi connectivity index (χ4n) is 6.02. The van der Waals surface area contributed by atoms with E-state index in [1.165, 1.54) is 16.0 Å². The highest BCUT2D eigenvalue weighted by Gasteiger charge is 2.45. The summed E-state index contributed by atoms with van der Waals surface area (Å²) in [6.07, 6.45) is 1.09. The number of allylic oxidation sites excluding steroid dienone is 3. The van der Waals surface area contributed by atoms with E-state index >= 15 is 0 Å². The molecule has 1 aliphatic heterocycles. The van der Waals surface area contributed by atoms with Gasteiger partial charge in [0.2, 0.25) is 0 Å². The first-order chi connectivity index (χ1) is 19.0. The Hall–Kier alpha value is -3.46. The van der Waals surface area contributed by atoms with Gasteiger partial charge in [-0.05, 0) is 79.1 Å². The van der Waals surface area contributed by atoms with Gasteiger partial charge in [-0.2, -0.15) is 5.26 Å². The maximum atomic E-state index is 14.0. The van der Waals surface area contributed by atoms with Gasteiger partial charge >= 0.3 is 0 Å². The molecule has 40 heavy (non-hydrogen) atoms. The number of halogens is 1. The lowest BCUT2D eigenvalue weighted by molar-refractivity contribution is -0.118. The molecule has 0 fully saturated rings. The largest absolute Gasteiger partial charge is 0.384 e. The molecule has 1 unspecified atom stereocenters. The van der Waals surface area contributed by atoms with Gasteiger partial charge in [0.25, 0.3) is 0 Å². The maximum absolute atomic E-state index is 14.0. The second kappa shape index (κ2) is 10.8. The van der Waals surface area contributed by atoms with Crippen molar-refractivity contribution in [2.45, 2.75) is 64.0 Å². The first kappa shape index (κ1) is 28.1. The molecule has 0 amide bonds. The number of rotatable bonds is 5. The minimum Gasteiger partial charge on any atom is -0.384 e. The third-order valence-corrected chi connectivity index (χ3v) is 9.39. The summed E-state index contributed by atoms with van der Waals surface area (Å²) in [5, 5.41) is 11.1. The van der Waals surface area contributed by atoms with E-state index in [2.05, 4.69) is 77.1 Å². The first-order valence-electron chi connectivity index (χ1n) is 13.5. The van der Waals surface area contributed by atoms with Gasteiger partial charge in [0.1, 0.15) is 5.82 Å². The second-order valence-electron chi connectivity index (χ2n) is 11.7. The van der Waals surface area contributed by atoms with E-state index in [-0.39, 0.29) is 11.2 Å². The van der Waals surface area contributed by atoms with Gasteiger partial charge in [-0.1, -0.05) is 67.4 Å². The molecule has 0 radical (unpaired) electrons. The smallest absolute Gasteiger partial charge is 0.162 e. The molecule has 1 aliphatic carbocycles. The molecule has 1 atom stereocenters. The van der Waals surface area contributed by atoms with E-state index in [0.29, 0.717) is 34.8 Å². The number of benzene rings is 3. The molecule has 2 N–H and O–H groups in total. The van der Waals surface area contributed by atoms with Crippen molar-refractivity contribution in [1.29, 1.82) is 5.26 Å². The number of thioether (sulfide) groups is 1. The molecule has 5 rings (SSSR count). The SMILES string of the molecule is Cc1cc(CSc2ccccc2C)c(C)c(C2C(C#N)=C(N)N(c3cccc(Cl)c3)C3=C2C(=O)CC(C)(C)C3)c1. The normalized spacial score (nSPS) is 18.6. The zero-order chi connectivity index (χ0) is 28.8. The fourth-order valence-corrected chi connectivity index (χ4v) is 7.28. The van der Waals surface area contributed by atoms with E-state index in [1.807, 2.05) is 23.1 Å². The van der Waals surface area contributed by atoms with Crippen LogP contribution < -0.4 is 10.6 Å². The maximum Gasteiger partial charge on any atom is 0.162 e. The van der Waals surface area contributed by atoms with E-state index in [0.717, 1.165) is 33.8 Å². The van der Waals surface area contributed by atoms with Crippen molar-refractivity contribution < 1.29 is 4.79 Å². The predicted octanol–water partition coefficient (Wildman–Crippen LogP) is 8.50. The molecule has 0 saturated carbocycles. The highest BCUT2D eigenvalue weighted by Crippen LogP contribution is 2.51. The third-order valence-electron chi connectivity index (χ3n) is 7.93. The average molecular weight is 568 g/mol. The van der Waals surface area contributed by atoms with Crippen LogP contribution in [0.5, 0.6) is 0 Å². The zero-order valence-electron chi connectivity index (χ0n) is 23.6. The highest BCUT2D eigenvalue weighted by molar-refractivity contribution is 7.98. The van der Waals surface area contributed by atoms with Crippen molar-refractivity contribution in [2.75, 3.05) is 4.90 Å². The molecule has 4 nitrogen and oxygen atoms in total. The average Bonchev–Trinajstić information content (AvgIpc) is 2.88. The van der Waals surface area contributed by atoms with Crippen molar-refractivity contribution in [3.8, 4) is 6.07 Å². The number of nitrogens with two attached hydrogens (primary N) is 1. The van der Waals surface area contributed by atoms with Crippen molar-refractivity contribution in [3.63, 3.8) is 0 Å². The van der Waals surface area contributed by atoms with Crippen LogP contribution in [-0.4, -0.2) is 5.78 Å². The quantitative estimate of drug-likeness (QED) is 0.313. The lowest BCUT2D eigenvalue weighted by atomic mass is 9.68. The Bertz CT molecular complexity index is 1630. The molecule has 0 bridgehead atoms. The van der Waals surface area contributed by atoms with E-state index in [4.69, 9.17) is 17.3 Å². The van der Waals surface area contributed by atoms with Crippen LogP contribution >= 0.6 is 23.4 Å². The van der Waals surface area contributed by atoms with Crippen molar-refractivity contribution in [1.82, 2.24) is 0 Å². The summed E-state index contributed by atoms with van der Waals surface area (Å²) in [5.74, 6) is 0.706. The standard InChI is InChI=1S/C34H34ClN3OS/c1-20-13-23(19-40-30-12-7-6-9-21(30)2)22(3)26(14-20)31-27(18-36)33(37)38(25-11-8-10-24(35)15-25)28-16-34(4,5)17-29(39)32(28)31/h6-15,31H,16-17,19,37H2,1-5H3. The Morgan fingerprint density at radius 2 is 1.82 bits per heavy atom. The monoisotopic (exact) mass is 567 g/mol. The number of Topliss-reactive ketones (excluding diaryl/α,β-unsaturated/α-hetero) is 1. The van der Waals surface area contributed by atoms with Gasteiger partial charge in [0, 0.05) is 39.0 Å². The lowest BCUT2D eigenvalue weighted by Crippen LogP contribution is -2.42. The number of aryl methyl sites for hydroxylation is 2. The summed E-state index contributed by atoms with van der Waals surface area (Å²) in [4.78, 5) is 17.1. The number of hydrogen-bond donors (Lipinski definition) is 1. The predicted molar refractivity (Wildman–Crippen MR) is 165 cm³/mol. The minimum absolute atomic E-state index is 0.0697. The molecular formula is C34H34ClN3OS. The number of anilines is 1. The Morgan fingerprint density at radius 1 is 1.07 bits per heavy atom. The highest BCUT2D eigenvalue weighted by atomic mass is 35.5. The summed E-state index contributed by atoms with van der Waals surface area (Å²) in [6, 6.07) is 22.6. The Balaban J connectivity index is 1.68. The van der Waals surface area contributed by atoms with Crippen LogP contribution in [0.4, 0.5) is 5.69 Å². The first-order valence-corrected chi connectivity index (χ1v) is 14.9. The van der Waals surface area contributed by atoms with Crippen molar-refractivity contribution in [2.24, 2.45) is 11.1 Å². The van der Waals surface area contributed by atoms with Gasteiger partial charge in [0.05, 0.1) is 17.6 Å². The van der Waals surface area contributed by atoms with Gasteiger partial charge in [-0.3, -0.25) is 9.69 Å². The summed E-state index contributed by atoms with van der Waals surface area (Å²) >= 11 is 8.18. The molecule has 3 aromatic rings. The van der Waals surface area contributed by atoms with Gasteiger partial charge in [-0.15, -0.1) is 11.8 Å². The molecule has 3 aromatic carbocycles. The second-order valence-corrected chi connectivity index (χ2v) is 13.1. The molecule has 204 valence electrons. The van der Waals surface area contributed by atoms with Gasteiger partial charge < -0.3 is 5.73 Å². The molecule has 2 aliphatic rings. The van der Waals surface area contributed by atoms with Crippen molar-refractivity contribution >= 4 is 34.8 Å². The topological polar surface area (TPSA) is 70.1 Å². The van der Waals surface area contributed by atoms with E-state index in [1.54, 1.807) is 17.8 Å². The Kier molecular flexibility index (Phi) is 7.61. The van der Waals surface area contributed by atoms with Crippen LogP contribution in [0.2, 0.25) is 5.02 Å². The van der Waals surface area contributed by atoms with Crippen molar-refractivity contribution in [3.05, 3.63) is 116 Å². The van der Waals surface area contributed by atoms with Gasteiger partial charge in [0.15, 0.2) is 5.78 Å². The van der Waals surface area contributed by atoms with Crippen LogP contribution in [-0.2, 0) is 10.5 Å². The van der Waals surface area contributed by atoms with Crippen LogP contribution in [0.15, 0.2) is 88.2 Å². The van der Waals surface area contributed by atoms with E-state index < -0.39 is 5.92 Å². The van der Waals surface area contributed by atoms with Crippen LogP contribution in [0.1, 0.15) is 60.4 Å².